The van der Waals surface area contributed by atoms with Crippen LogP contribution in [0.4, 0.5) is 0 Å². The molecule has 130 valence electrons. The second-order valence-electron chi connectivity index (χ2n) is 6.06. The van der Waals surface area contributed by atoms with E-state index in [1.54, 1.807) is 0 Å². The fraction of sp³-hybridized carbons (Fsp3) is 0.286. The summed E-state index contributed by atoms with van der Waals surface area (Å²) in [6.07, 6.45) is 7.70. The van der Waals surface area contributed by atoms with Gasteiger partial charge in [0.25, 0.3) is 0 Å². The molecule has 1 heterocycles. The summed E-state index contributed by atoms with van der Waals surface area (Å²) < 4.78 is 7.88. The van der Waals surface area contributed by atoms with Crippen molar-refractivity contribution in [1.29, 1.82) is 0 Å². The topological polar surface area (TPSA) is 39.1 Å². The maximum absolute atomic E-state index is 5.79. The first-order valence-corrected chi connectivity index (χ1v) is 8.82. The Labute approximate surface area is 149 Å². The molecule has 4 heteroatoms. The van der Waals surface area contributed by atoms with Crippen molar-refractivity contribution >= 4 is 0 Å². The molecule has 1 aromatic heterocycles. The quantitative estimate of drug-likeness (QED) is 0.576. The van der Waals surface area contributed by atoms with Gasteiger partial charge in [0.2, 0.25) is 0 Å². The summed E-state index contributed by atoms with van der Waals surface area (Å²) in [5.41, 5.74) is 2.63. The molecule has 0 saturated heterocycles. The number of ether oxygens (including phenoxy) is 1. The lowest BCUT2D eigenvalue weighted by Crippen LogP contribution is -2.22. The molecule has 1 N–H and O–H groups in total. The van der Waals surface area contributed by atoms with Crippen LogP contribution in [0.5, 0.6) is 5.75 Å². The summed E-state index contributed by atoms with van der Waals surface area (Å²) in [6, 6.07) is 18.9. The van der Waals surface area contributed by atoms with Gasteiger partial charge in [-0.25, -0.2) is 4.98 Å². The lowest BCUT2D eigenvalue weighted by molar-refractivity contribution is 0.313. The minimum atomic E-state index is 0.684. The fourth-order valence-electron chi connectivity index (χ4n) is 2.71. The van der Waals surface area contributed by atoms with Gasteiger partial charge in [0.05, 0.1) is 6.33 Å². The Bertz CT molecular complexity index is 709. The van der Waals surface area contributed by atoms with E-state index in [1.807, 2.05) is 24.8 Å². The van der Waals surface area contributed by atoms with E-state index in [2.05, 4.69) is 63.4 Å². The third-order valence-corrected chi connectivity index (χ3v) is 4.05. The van der Waals surface area contributed by atoms with Crippen LogP contribution < -0.4 is 10.1 Å². The Morgan fingerprint density at radius 2 is 1.72 bits per heavy atom. The van der Waals surface area contributed by atoms with E-state index in [0.717, 1.165) is 38.2 Å². The average Bonchev–Trinajstić information content (AvgIpc) is 3.17. The van der Waals surface area contributed by atoms with Gasteiger partial charge in [-0.2, -0.15) is 0 Å². The molecule has 0 atom stereocenters. The van der Waals surface area contributed by atoms with E-state index in [9.17, 15) is 0 Å². The molecule has 0 aliphatic carbocycles. The van der Waals surface area contributed by atoms with Crippen LogP contribution in [0, 0.1) is 0 Å². The van der Waals surface area contributed by atoms with Crippen molar-refractivity contribution in [2.45, 2.75) is 19.4 Å². The van der Waals surface area contributed by atoms with Gasteiger partial charge in [0.1, 0.15) is 12.4 Å². The predicted octanol–water partition coefficient (Wildman–Crippen LogP) is 3.53. The highest BCUT2D eigenvalue weighted by Gasteiger charge is 1.98. The van der Waals surface area contributed by atoms with Crippen LogP contribution in [-0.2, 0) is 13.0 Å². The predicted molar refractivity (Wildman–Crippen MR) is 101 cm³/mol. The van der Waals surface area contributed by atoms with Crippen molar-refractivity contribution in [2.75, 3.05) is 19.7 Å². The molecule has 0 radical (unpaired) electrons. The molecule has 3 aromatic rings. The first-order chi connectivity index (χ1) is 12.4. The summed E-state index contributed by atoms with van der Waals surface area (Å²) in [5.74, 6) is 0.928. The Kier molecular flexibility index (Phi) is 6.65. The lowest BCUT2D eigenvalue weighted by atomic mass is 10.1. The molecule has 4 nitrogen and oxygen atoms in total. The highest BCUT2D eigenvalue weighted by molar-refractivity contribution is 5.31. The van der Waals surface area contributed by atoms with E-state index >= 15 is 0 Å². The van der Waals surface area contributed by atoms with Gasteiger partial charge in [-0.1, -0.05) is 42.5 Å². The number of aromatic nitrogens is 2. The molecule has 0 aliphatic rings. The Morgan fingerprint density at radius 3 is 2.48 bits per heavy atom. The highest BCUT2D eigenvalue weighted by atomic mass is 16.5. The minimum Gasteiger partial charge on any atom is -0.492 e. The van der Waals surface area contributed by atoms with Crippen molar-refractivity contribution in [3.63, 3.8) is 0 Å². The monoisotopic (exact) mass is 335 g/mol. The third kappa shape index (κ3) is 6.08. The first kappa shape index (κ1) is 17.2. The van der Waals surface area contributed by atoms with Crippen molar-refractivity contribution in [1.82, 2.24) is 14.9 Å². The van der Waals surface area contributed by atoms with E-state index in [-0.39, 0.29) is 0 Å². The van der Waals surface area contributed by atoms with Gasteiger partial charge in [-0.3, -0.25) is 0 Å². The van der Waals surface area contributed by atoms with Crippen molar-refractivity contribution < 1.29 is 4.74 Å². The number of nitrogens with zero attached hydrogens (tertiary/aromatic N) is 2. The molecular formula is C21H25N3O. The molecule has 0 unspecified atom stereocenters. The second kappa shape index (κ2) is 9.64. The zero-order valence-electron chi connectivity index (χ0n) is 14.5. The van der Waals surface area contributed by atoms with Crippen LogP contribution in [0.1, 0.15) is 17.5 Å². The number of nitrogens with one attached hydrogen (secondary N) is 1. The summed E-state index contributed by atoms with van der Waals surface area (Å²) in [5, 5.41) is 3.40. The maximum Gasteiger partial charge on any atom is 0.119 e. The Balaban J connectivity index is 1.29. The number of benzene rings is 2. The van der Waals surface area contributed by atoms with Gasteiger partial charge in [0.15, 0.2) is 0 Å². The van der Waals surface area contributed by atoms with Crippen LogP contribution >= 0.6 is 0 Å². The molecule has 0 amide bonds. The molecule has 0 aliphatic heterocycles. The molecule has 2 aromatic carbocycles. The second-order valence-corrected chi connectivity index (χ2v) is 6.06. The number of hydrogen-bond acceptors (Lipinski definition) is 3. The van der Waals surface area contributed by atoms with E-state index in [1.165, 1.54) is 11.1 Å². The standard InChI is InChI=1S/C21H25N3O/c1-2-5-19(6-3-1)17-20-7-9-21(10-8-20)25-16-13-22-11-4-14-24-15-12-23-18-24/h1-3,5-10,12,15,18,22H,4,11,13-14,16-17H2. The normalized spacial score (nSPS) is 10.7. The van der Waals surface area contributed by atoms with Crippen LogP contribution in [0.3, 0.4) is 0 Å². The number of imidazole rings is 1. The molecule has 0 saturated carbocycles. The lowest BCUT2D eigenvalue weighted by Gasteiger charge is -2.09. The van der Waals surface area contributed by atoms with Crippen molar-refractivity contribution in [3.8, 4) is 5.75 Å². The maximum atomic E-state index is 5.79. The molecule has 0 fully saturated rings. The summed E-state index contributed by atoms with van der Waals surface area (Å²) in [4.78, 5) is 4.04. The third-order valence-electron chi connectivity index (χ3n) is 4.05. The SMILES string of the molecule is c1ccc(Cc2ccc(OCCNCCCn3ccnc3)cc2)cc1. The summed E-state index contributed by atoms with van der Waals surface area (Å²) in [7, 11) is 0. The zero-order chi connectivity index (χ0) is 17.2. The minimum absolute atomic E-state index is 0.684. The van der Waals surface area contributed by atoms with Gasteiger partial charge in [-0.15, -0.1) is 0 Å². The highest BCUT2D eigenvalue weighted by Crippen LogP contribution is 2.15. The van der Waals surface area contributed by atoms with Gasteiger partial charge >= 0.3 is 0 Å². The van der Waals surface area contributed by atoms with Crippen LogP contribution in [0.15, 0.2) is 73.3 Å². The van der Waals surface area contributed by atoms with Crippen LogP contribution in [0.25, 0.3) is 0 Å². The first-order valence-electron chi connectivity index (χ1n) is 8.82. The zero-order valence-corrected chi connectivity index (χ0v) is 14.5. The number of rotatable bonds is 10. The average molecular weight is 335 g/mol. The number of hydrogen-bond donors (Lipinski definition) is 1. The summed E-state index contributed by atoms with van der Waals surface area (Å²) in [6.45, 7) is 3.52. The van der Waals surface area contributed by atoms with Crippen LogP contribution in [-0.4, -0.2) is 29.2 Å². The molecule has 3 rings (SSSR count). The van der Waals surface area contributed by atoms with Crippen molar-refractivity contribution in [2.24, 2.45) is 0 Å². The largest absolute Gasteiger partial charge is 0.492 e. The van der Waals surface area contributed by atoms with Gasteiger partial charge in [-0.05, 0) is 42.6 Å². The number of aryl methyl sites for hydroxylation is 1. The molecule has 0 spiro atoms. The van der Waals surface area contributed by atoms with Crippen LogP contribution in [0.2, 0.25) is 0 Å². The van der Waals surface area contributed by atoms with Crippen molar-refractivity contribution in [3.05, 3.63) is 84.4 Å². The van der Waals surface area contributed by atoms with E-state index < -0.39 is 0 Å². The van der Waals surface area contributed by atoms with Gasteiger partial charge < -0.3 is 14.6 Å². The Morgan fingerprint density at radius 1 is 0.920 bits per heavy atom. The smallest absolute Gasteiger partial charge is 0.119 e. The molecule has 0 bridgehead atoms. The van der Waals surface area contributed by atoms with E-state index in [0.29, 0.717) is 6.61 Å². The fourth-order valence-corrected chi connectivity index (χ4v) is 2.71. The Hall–Kier alpha value is -2.59. The summed E-state index contributed by atoms with van der Waals surface area (Å²) >= 11 is 0. The molecule has 25 heavy (non-hydrogen) atoms. The van der Waals surface area contributed by atoms with E-state index in [4.69, 9.17) is 4.74 Å². The molecular weight excluding hydrogens is 310 g/mol. The van der Waals surface area contributed by atoms with Gasteiger partial charge in [0, 0.05) is 25.5 Å².